The van der Waals surface area contributed by atoms with E-state index in [0.717, 1.165) is 16.8 Å². The molecule has 132 valence electrons. The molecular formula is C21H15N3O3. The third kappa shape index (κ3) is 3.16. The first-order valence-electron chi connectivity index (χ1n) is 8.35. The van der Waals surface area contributed by atoms with Crippen molar-refractivity contribution in [3.8, 4) is 0 Å². The maximum atomic E-state index is 12.7. The Labute approximate surface area is 155 Å². The molecule has 0 bridgehead atoms. The average molecular weight is 357 g/mol. The molecule has 0 spiro atoms. The maximum absolute atomic E-state index is 12.7. The van der Waals surface area contributed by atoms with Gasteiger partial charge in [-0.05, 0) is 17.7 Å². The van der Waals surface area contributed by atoms with E-state index in [1.807, 2.05) is 54.6 Å². The second kappa shape index (κ2) is 6.76. The van der Waals surface area contributed by atoms with Gasteiger partial charge in [-0.3, -0.25) is 14.9 Å². The molecule has 0 saturated heterocycles. The second-order valence-electron chi connectivity index (χ2n) is 6.05. The van der Waals surface area contributed by atoms with Crippen LogP contribution in [-0.2, 0) is 4.79 Å². The molecule has 3 aromatic carbocycles. The van der Waals surface area contributed by atoms with Crippen molar-refractivity contribution in [2.45, 2.75) is 0 Å². The zero-order valence-corrected chi connectivity index (χ0v) is 14.2. The lowest BCUT2D eigenvalue weighted by molar-refractivity contribution is -0.384. The highest BCUT2D eigenvalue weighted by molar-refractivity contribution is 6.37. The monoisotopic (exact) mass is 357 g/mol. The molecule has 0 unspecified atom stereocenters. The summed E-state index contributed by atoms with van der Waals surface area (Å²) < 4.78 is 0. The number of carbonyl (C=O) groups is 1. The lowest BCUT2D eigenvalue weighted by atomic mass is 10.00. The first kappa shape index (κ1) is 16.5. The zero-order chi connectivity index (χ0) is 18.8. The number of hydrogen-bond acceptors (Lipinski definition) is 4. The Morgan fingerprint density at radius 1 is 0.926 bits per heavy atom. The van der Waals surface area contributed by atoms with Crippen LogP contribution in [0.5, 0.6) is 0 Å². The largest absolute Gasteiger partial charge is 0.354 e. The molecule has 27 heavy (non-hydrogen) atoms. The molecule has 0 aromatic heterocycles. The van der Waals surface area contributed by atoms with Gasteiger partial charge >= 0.3 is 0 Å². The Morgan fingerprint density at radius 3 is 2.44 bits per heavy atom. The van der Waals surface area contributed by atoms with Crippen molar-refractivity contribution in [1.82, 2.24) is 0 Å². The molecule has 0 atom stereocenters. The second-order valence-corrected chi connectivity index (χ2v) is 6.05. The summed E-state index contributed by atoms with van der Waals surface area (Å²) in [6.45, 7) is 0. The molecule has 1 amide bonds. The number of carbonyl (C=O) groups excluding carboxylic acids is 1. The van der Waals surface area contributed by atoms with Crippen LogP contribution in [0.2, 0.25) is 0 Å². The highest BCUT2D eigenvalue weighted by atomic mass is 16.6. The number of amides is 1. The highest BCUT2D eigenvalue weighted by Crippen LogP contribution is 2.37. The Kier molecular flexibility index (Phi) is 4.14. The molecule has 6 heteroatoms. The van der Waals surface area contributed by atoms with E-state index in [2.05, 4.69) is 10.6 Å². The molecule has 0 fully saturated rings. The summed E-state index contributed by atoms with van der Waals surface area (Å²) >= 11 is 0. The van der Waals surface area contributed by atoms with Crippen LogP contribution in [-0.4, -0.2) is 10.8 Å². The number of anilines is 2. The first-order valence-corrected chi connectivity index (χ1v) is 8.35. The van der Waals surface area contributed by atoms with Gasteiger partial charge in [-0.15, -0.1) is 0 Å². The van der Waals surface area contributed by atoms with E-state index < -0.39 is 4.92 Å². The Hall–Kier alpha value is -3.93. The minimum absolute atomic E-state index is 0.0197. The van der Waals surface area contributed by atoms with E-state index in [4.69, 9.17) is 0 Å². The zero-order valence-electron chi connectivity index (χ0n) is 14.2. The molecule has 1 aliphatic heterocycles. The Bertz CT molecular complexity index is 1070. The molecule has 6 nitrogen and oxygen atoms in total. The summed E-state index contributed by atoms with van der Waals surface area (Å²) in [5.74, 6) is -0.215. The van der Waals surface area contributed by atoms with Crippen molar-refractivity contribution in [1.29, 1.82) is 0 Å². The predicted molar refractivity (Wildman–Crippen MR) is 105 cm³/mol. The van der Waals surface area contributed by atoms with Crippen LogP contribution in [0.4, 0.5) is 17.1 Å². The minimum Gasteiger partial charge on any atom is -0.354 e. The first-order chi connectivity index (χ1) is 13.1. The van der Waals surface area contributed by atoms with Crippen molar-refractivity contribution in [3.05, 3.63) is 100 Å². The minimum atomic E-state index is -0.446. The fourth-order valence-electron chi connectivity index (χ4n) is 3.09. The van der Waals surface area contributed by atoms with Crippen molar-refractivity contribution in [2.24, 2.45) is 0 Å². The van der Waals surface area contributed by atoms with Gasteiger partial charge < -0.3 is 10.6 Å². The molecule has 2 N–H and O–H groups in total. The van der Waals surface area contributed by atoms with Crippen LogP contribution >= 0.6 is 0 Å². The number of hydrogen-bond donors (Lipinski definition) is 2. The SMILES string of the molecule is O=C1Nc2ccccc2C1=C(Nc1cccc([N+](=O)[O-])c1)c1ccccc1. The number of nitro groups is 1. The van der Waals surface area contributed by atoms with Crippen LogP contribution < -0.4 is 10.6 Å². The number of non-ortho nitro benzene ring substituents is 1. The van der Waals surface area contributed by atoms with Gasteiger partial charge in [0.05, 0.1) is 16.2 Å². The van der Waals surface area contributed by atoms with Gasteiger partial charge in [-0.2, -0.15) is 0 Å². The summed E-state index contributed by atoms with van der Waals surface area (Å²) in [6, 6.07) is 23.1. The Morgan fingerprint density at radius 2 is 1.67 bits per heavy atom. The van der Waals surface area contributed by atoms with Crippen LogP contribution in [0, 0.1) is 10.1 Å². The standard InChI is InChI=1S/C21H15N3O3/c25-21-19(17-11-4-5-12-18(17)23-21)20(14-7-2-1-3-8-14)22-15-9-6-10-16(13-15)24(26)27/h1-13,22H,(H,23,25). The molecular weight excluding hydrogens is 342 g/mol. The van der Waals surface area contributed by atoms with Crippen molar-refractivity contribution < 1.29 is 9.72 Å². The number of nitrogens with zero attached hydrogens (tertiary/aromatic N) is 1. The van der Waals surface area contributed by atoms with Gasteiger partial charge in [0, 0.05) is 29.1 Å². The summed E-state index contributed by atoms with van der Waals surface area (Å²) in [5, 5.41) is 17.2. The van der Waals surface area contributed by atoms with E-state index >= 15 is 0 Å². The van der Waals surface area contributed by atoms with Crippen molar-refractivity contribution >= 4 is 34.2 Å². The van der Waals surface area contributed by atoms with Gasteiger partial charge in [0.1, 0.15) is 0 Å². The predicted octanol–water partition coefficient (Wildman–Crippen LogP) is 4.53. The maximum Gasteiger partial charge on any atom is 0.271 e. The average Bonchev–Trinajstić information content (AvgIpc) is 3.02. The van der Waals surface area contributed by atoms with E-state index in [9.17, 15) is 14.9 Å². The summed E-state index contributed by atoms with van der Waals surface area (Å²) in [4.78, 5) is 23.3. The van der Waals surface area contributed by atoms with Crippen LogP contribution in [0.1, 0.15) is 11.1 Å². The smallest absolute Gasteiger partial charge is 0.271 e. The van der Waals surface area contributed by atoms with Crippen molar-refractivity contribution in [2.75, 3.05) is 10.6 Å². The molecule has 0 radical (unpaired) electrons. The quantitative estimate of drug-likeness (QED) is 0.408. The number of nitro benzene ring substituents is 1. The molecule has 0 aliphatic carbocycles. The summed E-state index contributed by atoms with van der Waals surface area (Å²) in [5.41, 5.74) is 3.96. The van der Waals surface area contributed by atoms with E-state index in [1.54, 1.807) is 12.1 Å². The van der Waals surface area contributed by atoms with Gasteiger partial charge in [-0.1, -0.05) is 54.6 Å². The topological polar surface area (TPSA) is 84.3 Å². The molecule has 1 aliphatic rings. The van der Waals surface area contributed by atoms with E-state index in [-0.39, 0.29) is 11.6 Å². The number of rotatable bonds is 4. The fourth-order valence-corrected chi connectivity index (χ4v) is 3.09. The summed E-state index contributed by atoms with van der Waals surface area (Å²) in [6.07, 6.45) is 0. The lowest BCUT2D eigenvalue weighted by Crippen LogP contribution is -2.10. The molecule has 3 aromatic rings. The number of fused-ring (bicyclic) bond motifs is 1. The molecule has 4 rings (SSSR count). The van der Waals surface area contributed by atoms with Crippen LogP contribution in [0.15, 0.2) is 78.9 Å². The third-order valence-corrected chi connectivity index (χ3v) is 4.31. The molecule has 1 heterocycles. The molecule has 0 saturated carbocycles. The van der Waals surface area contributed by atoms with Gasteiger partial charge in [-0.25, -0.2) is 0 Å². The lowest BCUT2D eigenvalue weighted by Gasteiger charge is -2.14. The van der Waals surface area contributed by atoms with Crippen LogP contribution in [0.25, 0.3) is 11.3 Å². The number of benzene rings is 3. The number of nitrogens with one attached hydrogen (secondary N) is 2. The summed E-state index contributed by atoms with van der Waals surface area (Å²) in [7, 11) is 0. The third-order valence-electron chi connectivity index (χ3n) is 4.31. The van der Waals surface area contributed by atoms with Gasteiger partial charge in [0.15, 0.2) is 0 Å². The van der Waals surface area contributed by atoms with E-state index in [1.165, 1.54) is 12.1 Å². The van der Waals surface area contributed by atoms with Crippen LogP contribution in [0.3, 0.4) is 0 Å². The van der Waals surface area contributed by atoms with Crippen molar-refractivity contribution in [3.63, 3.8) is 0 Å². The van der Waals surface area contributed by atoms with Gasteiger partial charge in [0.25, 0.3) is 11.6 Å². The Balaban J connectivity index is 1.88. The normalized spacial score (nSPS) is 14.3. The highest BCUT2D eigenvalue weighted by Gasteiger charge is 2.28. The van der Waals surface area contributed by atoms with Gasteiger partial charge in [0.2, 0.25) is 0 Å². The number of para-hydroxylation sites is 1. The fraction of sp³-hybridized carbons (Fsp3) is 0. The van der Waals surface area contributed by atoms with E-state index in [0.29, 0.717) is 17.0 Å².